The van der Waals surface area contributed by atoms with Gasteiger partial charge in [0.1, 0.15) is 5.82 Å². The predicted octanol–water partition coefficient (Wildman–Crippen LogP) is 4.85. The molecular formula is C21H24ClN3O. The molecule has 1 N–H and O–H groups in total. The highest BCUT2D eigenvalue weighted by Gasteiger charge is 2.10. The number of amides is 1. The van der Waals surface area contributed by atoms with Crippen LogP contribution in [0.4, 0.5) is 0 Å². The van der Waals surface area contributed by atoms with Crippen LogP contribution in [-0.2, 0) is 13.0 Å². The van der Waals surface area contributed by atoms with E-state index in [1.54, 1.807) is 24.3 Å². The summed E-state index contributed by atoms with van der Waals surface area (Å²) in [6.45, 7) is 3.80. The van der Waals surface area contributed by atoms with Gasteiger partial charge in [0, 0.05) is 30.1 Å². The van der Waals surface area contributed by atoms with Gasteiger partial charge in [0.15, 0.2) is 0 Å². The number of imidazole rings is 1. The van der Waals surface area contributed by atoms with Crippen LogP contribution < -0.4 is 5.32 Å². The molecule has 5 heteroatoms. The average Bonchev–Trinajstić information content (AvgIpc) is 3.00. The van der Waals surface area contributed by atoms with Crippen molar-refractivity contribution in [2.45, 2.75) is 39.2 Å². The molecule has 0 aliphatic rings. The number of benzene rings is 2. The Hall–Kier alpha value is -2.33. The number of aryl methyl sites for hydroxylation is 2. The van der Waals surface area contributed by atoms with E-state index in [1.807, 2.05) is 6.07 Å². The molecular weight excluding hydrogens is 346 g/mol. The Bertz CT molecular complexity index is 888. The van der Waals surface area contributed by atoms with Gasteiger partial charge >= 0.3 is 0 Å². The quantitative estimate of drug-likeness (QED) is 0.577. The molecule has 4 nitrogen and oxygen atoms in total. The second-order valence-corrected chi connectivity index (χ2v) is 6.83. The number of hydrogen-bond donors (Lipinski definition) is 1. The van der Waals surface area contributed by atoms with Crippen molar-refractivity contribution in [1.82, 2.24) is 14.9 Å². The van der Waals surface area contributed by atoms with Crippen molar-refractivity contribution in [2.24, 2.45) is 0 Å². The normalized spacial score (nSPS) is 11.0. The molecule has 2 aromatic carbocycles. The SMILES string of the molecule is CCCCn1c(CCCNC(=O)c2cccc(Cl)c2)nc2ccccc21. The molecule has 0 aliphatic heterocycles. The van der Waals surface area contributed by atoms with Gasteiger partial charge in [-0.1, -0.05) is 43.1 Å². The highest BCUT2D eigenvalue weighted by molar-refractivity contribution is 6.30. The van der Waals surface area contributed by atoms with Crippen LogP contribution in [0.3, 0.4) is 0 Å². The fourth-order valence-electron chi connectivity index (χ4n) is 3.06. The van der Waals surface area contributed by atoms with E-state index in [0.717, 1.165) is 43.6 Å². The van der Waals surface area contributed by atoms with E-state index in [4.69, 9.17) is 16.6 Å². The average molecular weight is 370 g/mol. The summed E-state index contributed by atoms with van der Waals surface area (Å²) in [4.78, 5) is 17.0. The summed E-state index contributed by atoms with van der Waals surface area (Å²) in [5, 5.41) is 3.53. The molecule has 136 valence electrons. The van der Waals surface area contributed by atoms with E-state index < -0.39 is 0 Å². The summed E-state index contributed by atoms with van der Waals surface area (Å²) in [6.07, 6.45) is 3.98. The van der Waals surface area contributed by atoms with E-state index in [1.165, 1.54) is 5.52 Å². The third-order valence-corrected chi connectivity index (χ3v) is 4.65. The van der Waals surface area contributed by atoms with Gasteiger partial charge < -0.3 is 9.88 Å². The first-order chi connectivity index (χ1) is 12.7. The van der Waals surface area contributed by atoms with Crippen LogP contribution in [0.2, 0.25) is 5.02 Å². The van der Waals surface area contributed by atoms with Crippen molar-refractivity contribution >= 4 is 28.5 Å². The highest BCUT2D eigenvalue weighted by atomic mass is 35.5. The minimum Gasteiger partial charge on any atom is -0.352 e. The van der Waals surface area contributed by atoms with Crippen LogP contribution in [0.1, 0.15) is 42.4 Å². The number of para-hydroxylation sites is 2. The van der Waals surface area contributed by atoms with Crippen molar-refractivity contribution in [1.29, 1.82) is 0 Å². The Kier molecular flexibility index (Phi) is 6.29. The van der Waals surface area contributed by atoms with Gasteiger partial charge in [-0.25, -0.2) is 4.98 Å². The molecule has 1 aromatic heterocycles. The Labute approximate surface area is 159 Å². The number of carbonyl (C=O) groups is 1. The third-order valence-electron chi connectivity index (χ3n) is 4.42. The first kappa shape index (κ1) is 18.5. The molecule has 0 aliphatic carbocycles. The zero-order valence-electron chi connectivity index (χ0n) is 15.0. The summed E-state index contributed by atoms with van der Waals surface area (Å²) < 4.78 is 2.32. The van der Waals surface area contributed by atoms with Gasteiger partial charge in [-0.15, -0.1) is 0 Å². The molecule has 0 bridgehead atoms. The van der Waals surface area contributed by atoms with Gasteiger partial charge in [-0.2, -0.15) is 0 Å². The van der Waals surface area contributed by atoms with Crippen molar-refractivity contribution < 1.29 is 4.79 Å². The molecule has 0 saturated carbocycles. The van der Waals surface area contributed by atoms with Crippen LogP contribution in [0, 0.1) is 0 Å². The second-order valence-electron chi connectivity index (χ2n) is 6.39. The molecule has 0 spiro atoms. The number of nitrogens with zero attached hydrogens (tertiary/aromatic N) is 2. The fourth-order valence-corrected chi connectivity index (χ4v) is 3.25. The molecule has 3 rings (SSSR count). The smallest absolute Gasteiger partial charge is 0.251 e. The second kappa shape index (κ2) is 8.86. The monoisotopic (exact) mass is 369 g/mol. The van der Waals surface area contributed by atoms with Crippen LogP contribution in [0.25, 0.3) is 11.0 Å². The number of rotatable bonds is 8. The lowest BCUT2D eigenvalue weighted by Crippen LogP contribution is -2.25. The Morgan fingerprint density at radius 3 is 2.81 bits per heavy atom. The van der Waals surface area contributed by atoms with Crippen molar-refractivity contribution in [3.63, 3.8) is 0 Å². The number of aromatic nitrogens is 2. The first-order valence-electron chi connectivity index (χ1n) is 9.17. The summed E-state index contributed by atoms with van der Waals surface area (Å²) in [6, 6.07) is 15.3. The zero-order chi connectivity index (χ0) is 18.4. The third kappa shape index (κ3) is 4.44. The number of unbranched alkanes of at least 4 members (excludes halogenated alkanes) is 1. The minimum absolute atomic E-state index is 0.0908. The minimum atomic E-state index is -0.0908. The van der Waals surface area contributed by atoms with Crippen LogP contribution in [-0.4, -0.2) is 22.0 Å². The molecule has 26 heavy (non-hydrogen) atoms. The maximum absolute atomic E-state index is 12.2. The maximum Gasteiger partial charge on any atom is 0.251 e. The lowest BCUT2D eigenvalue weighted by molar-refractivity contribution is 0.0953. The number of carbonyl (C=O) groups excluding carboxylic acids is 1. The van der Waals surface area contributed by atoms with Crippen molar-refractivity contribution in [2.75, 3.05) is 6.54 Å². The lowest BCUT2D eigenvalue weighted by atomic mass is 10.2. The lowest BCUT2D eigenvalue weighted by Gasteiger charge is -2.09. The van der Waals surface area contributed by atoms with Crippen LogP contribution in [0.5, 0.6) is 0 Å². The van der Waals surface area contributed by atoms with Gasteiger partial charge in [-0.05, 0) is 43.2 Å². The molecule has 1 heterocycles. The largest absolute Gasteiger partial charge is 0.352 e. The van der Waals surface area contributed by atoms with Gasteiger partial charge in [0.2, 0.25) is 0 Å². The molecule has 0 atom stereocenters. The molecule has 0 fully saturated rings. The van der Waals surface area contributed by atoms with E-state index in [0.29, 0.717) is 17.1 Å². The maximum atomic E-state index is 12.2. The van der Waals surface area contributed by atoms with E-state index in [9.17, 15) is 4.79 Å². The predicted molar refractivity (Wildman–Crippen MR) is 107 cm³/mol. The number of fused-ring (bicyclic) bond motifs is 1. The number of hydrogen-bond acceptors (Lipinski definition) is 2. The van der Waals surface area contributed by atoms with Crippen molar-refractivity contribution in [3.8, 4) is 0 Å². The highest BCUT2D eigenvalue weighted by Crippen LogP contribution is 2.18. The summed E-state index contributed by atoms with van der Waals surface area (Å²) in [5.41, 5.74) is 2.83. The molecule has 0 unspecified atom stereocenters. The molecule has 0 saturated heterocycles. The Morgan fingerprint density at radius 1 is 1.15 bits per heavy atom. The molecule has 3 aromatic rings. The van der Waals surface area contributed by atoms with Crippen molar-refractivity contribution in [3.05, 3.63) is 64.9 Å². The topological polar surface area (TPSA) is 46.9 Å². The molecule has 1 amide bonds. The van der Waals surface area contributed by atoms with Crippen LogP contribution >= 0.6 is 11.6 Å². The summed E-state index contributed by atoms with van der Waals surface area (Å²) in [5.74, 6) is 1.00. The van der Waals surface area contributed by atoms with E-state index in [-0.39, 0.29) is 5.91 Å². The van der Waals surface area contributed by atoms with E-state index >= 15 is 0 Å². The fraction of sp³-hybridized carbons (Fsp3) is 0.333. The number of nitrogens with one attached hydrogen (secondary N) is 1. The summed E-state index contributed by atoms with van der Waals surface area (Å²) in [7, 11) is 0. The number of halogens is 1. The zero-order valence-corrected chi connectivity index (χ0v) is 15.8. The standard InChI is InChI=1S/C21H24ClN3O/c1-2-3-14-25-19-11-5-4-10-18(19)24-20(25)12-7-13-23-21(26)16-8-6-9-17(22)15-16/h4-6,8-11,15H,2-3,7,12-14H2,1H3,(H,23,26). The van der Waals surface area contributed by atoms with Gasteiger partial charge in [0.05, 0.1) is 11.0 Å². The van der Waals surface area contributed by atoms with Gasteiger partial charge in [0.25, 0.3) is 5.91 Å². The van der Waals surface area contributed by atoms with Crippen LogP contribution in [0.15, 0.2) is 48.5 Å². The Balaban J connectivity index is 1.60. The first-order valence-corrected chi connectivity index (χ1v) is 9.54. The summed E-state index contributed by atoms with van der Waals surface area (Å²) >= 11 is 5.94. The molecule has 0 radical (unpaired) electrons. The van der Waals surface area contributed by atoms with Gasteiger partial charge in [-0.3, -0.25) is 4.79 Å². The Morgan fingerprint density at radius 2 is 2.00 bits per heavy atom. The van der Waals surface area contributed by atoms with E-state index in [2.05, 4.69) is 35.0 Å².